The lowest BCUT2D eigenvalue weighted by molar-refractivity contribution is 0.0600. The second-order valence-electron chi connectivity index (χ2n) is 7.61. The fourth-order valence-corrected chi connectivity index (χ4v) is 4.66. The van der Waals surface area contributed by atoms with E-state index in [0.717, 1.165) is 34.3 Å². The van der Waals surface area contributed by atoms with E-state index in [2.05, 4.69) is 18.0 Å². The van der Waals surface area contributed by atoms with Crippen LogP contribution in [0.25, 0.3) is 10.2 Å². The smallest absolute Gasteiger partial charge is 0.337 e. The first-order chi connectivity index (χ1) is 15.5. The van der Waals surface area contributed by atoms with Gasteiger partial charge in [-0.05, 0) is 61.7 Å². The van der Waals surface area contributed by atoms with Gasteiger partial charge in [0.15, 0.2) is 5.13 Å². The summed E-state index contributed by atoms with van der Waals surface area (Å²) in [5, 5.41) is 0.668. The summed E-state index contributed by atoms with van der Waals surface area (Å²) in [6, 6.07) is 10.7. The number of nitrogens with zero attached hydrogens (tertiary/aromatic N) is 4. The highest BCUT2D eigenvalue weighted by Crippen LogP contribution is 2.33. The van der Waals surface area contributed by atoms with Gasteiger partial charge in [0.25, 0.3) is 5.91 Å². The first-order valence-corrected chi connectivity index (χ1v) is 11.1. The third-order valence-corrected chi connectivity index (χ3v) is 6.42. The van der Waals surface area contributed by atoms with E-state index in [0.29, 0.717) is 22.8 Å². The van der Waals surface area contributed by atoms with Crippen molar-refractivity contribution < 1.29 is 14.3 Å². The molecule has 9 heteroatoms. The van der Waals surface area contributed by atoms with Crippen molar-refractivity contribution in [3.8, 4) is 0 Å². The molecule has 4 aromatic rings. The summed E-state index contributed by atoms with van der Waals surface area (Å²) >= 11 is 1.52. The molecule has 0 aliphatic rings. The highest BCUT2D eigenvalue weighted by Gasteiger charge is 2.22. The molecule has 4 rings (SSSR count). The fourth-order valence-electron chi connectivity index (χ4n) is 3.62. The Kier molecular flexibility index (Phi) is 7.84. The van der Waals surface area contributed by atoms with Gasteiger partial charge in [-0.1, -0.05) is 17.4 Å². The Labute approximate surface area is 202 Å². The second-order valence-corrected chi connectivity index (χ2v) is 8.58. The standard InChI is InChI=1S/C24H24N4O3S.ClH/c1-16-13-17(2)21-20(14-16)26-24(32-21)28(11-4-10-27-12-9-25-15-27)22(29)18-5-7-19(8-6-18)23(30)31-3;/h5-9,12-15H,4,10-11H2,1-3H3;1H. The van der Waals surface area contributed by atoms with Gasteiger partial charge in [0, 0.05) is 31.0 Å². The minimum atomic E-state index is -0.432. The van der Waals surface area contributed by atoms with Crippen LogP contribution < -0.4 is 4.90 Å². The van der Waals surface area contributed by atoms with Crippen molar-refractivity contribution in [2.75, 3.05) is 18.6 Å². The van der Waals surface area contributed by atoms with E-state index in [1.807, 2.05) is 23.8 Å². The van der Waals surface area contributed by atoms with Crippen molar-refractivity contribution in [2.24, 2.45) is 0 Å². The van der Waals surface area contributed by atoms with Gasteiger partial charge in [0.05, 0.1) is 29.2 Å². The number of anilines is 1. The number of thiazole rings is 1. The van der Waals surface area contributed by atoms with E-state index in [1.165, 1.54) is 18.4 Å². The lowest BCUT2D eigenvalue weighted by Crippen LogP contribution is -2.32. The van der Waals surface area contributed by atoms with E-state index in [9.17, 15) is 9.59 Å². The summed E-state index contributed by atoms with van der Waals surface area (Å²) in [6.45, 7) is 5.36. The number of benzene rings is 2. The number of carbonyl (C=O) groups excluding carboxylic acids is 2. The van der Waals surface area contributed by atoms with Crippen molar-refractivity contribution in [1.29, 1.82) is 0 Å². The van der Waals surface area contributed by atoms with Gasteiger partial charge in [-0.25, -0.2) is 14.8 Å². The third-order valence-electron chi connectivity index (χ3n) is 5.20. The number of amides is 1. The average molecular weight is 485 g/mol. The number of halogens is 1. The molecule has 33 heavy (non-hydrogen) atoms. The molecule has 0 atom stereocenters. The van der Waals surface area contributed by atoms with Crippen LogP contribution in [0.15, 0.2) is 55.1 Å². The molecule has 0 radical (unpaired) electrons. The van der Waals surface area contributed by atoms with Crippen LogP contribution in [0.5, 0.6) is 0 Å². The van der Waals surface area contributed by atoms with E-state index >= 15 is 0 Å². The highest BCUT2D eigenvalue weighted by molar-refractivity contribution is 7.22. The first kappa shape index (κ1) is 24.4. The van der Waals surface area contributed by atoms with Gasteiger partial charge in [-0.2, -0.15) is 0 Å². The molecule has 0 saturated carbocycles. The minimum absolute atomic E-state index is 0. The number of rotatable bonds is 7. The summed E-state index contributed by atoms with van der Waals surface area (Å²) in [6.07, 6.45) is 6.16. The zero-order valence-electron chi connectivity index (χ0n) is 18.6. The van der Waals surface area contributed by atoms with E-state index in [1.54, 1.807) is 41.7 Å². The van der Waals surface area contributed by atoms with Crippen LogP contribution in [0.1, 0.15) is 38.3 Å². The van der Waals surface area contributed by atoms with Crippen LogP contribution in [-0.2, 0) is 11.3 Å². The Hall–Kier alpha value is -3.23. The highest BCUT2D eigenvalue weighted by atomic mass is 35.5. The average Bonchev–Trinajstić information content (AvgIpc) is 3.46. The third kappa shape index (κ3) is 5.40. The van der Waals surface area contributed by atoms with Crippen molar-refractivity contribution in [3.05, 3.63) is 77.4 Å². The number of hydrogen-bond acceptors (Lipinski definition) is 6. The monoisotopic (exact) mass is 484 g/mol. The topological polar surface area (TPSA) is 77.3 Å². The molecule has 2 aromatic heterocycles. The molecular formula is C24H25ClN4O3S. The molecule has 0 saturated heterocycles. The van der Waals surface area contributed by atoms with E-state index < -0.39 is 5.97 Å². The van der Waals surface area contributed by atoms with Crippen molar-refractivity contribution >= 4 is 51.0 Å². The lowest BCUT2D eigenvalue weighted by atomic mass is 10.1. The summed E-state index contributed by atoms with van der Waals surface area (Å²) in [4.78, 5) is 35.8. The number of fused-ring (bicyclic) bond motifs is 1. The van der Waals surface area contributed by atoms with Crippen molar-refractivity contribution in [1.82, 2.24) is 14.5 Å². The maximum atomic E-state index is 13.5. The number of carbonyl (C=O) groups is 2. The van der Waals surface area contributed by atoms with E-state index in [4.69, 9.17) is 9.72 Å². The van der Waals surface area contributed by atoms with Gasteiger partial charge in [-0.15, -0.1) is 12.4 Å². The number of aryl methyl sites for hydroxylation is 3. The molecule has 0 aliphatic heterocycles. The fraction of sp³-hybridized carbons (Fsp3) is 0.250. The molecule has 0 bridgehead atoms. The zero-order valence-corrected chi connectivity index (χ0v) is 20.3. The van der Waals surface area contributed by atoms with Gasteiger partial charge in [-0.3, -0.25) is 9.69 Å². The number of esters is 1. The molecule has 172 valence electrons. The quantitative estimate of drug-likeness (QED) is 0.343. The Bertz CT molecular complexity index is 1250. The minimum Gasteiger partial charge on any atom is -0.465 e. The van der Waals surface area contributed by atoms with E-state index in [-0.39, 0.29) is 18.3 Å². The molecule has 2 heterocycles. The molecule has 2 aromatic carbocycles. The first-order valence-electron chi connectivity index (χ1n) is 10.3. The Balaban J connectivity index is 0.00000306. The van der Waals surface area contributed by atoms with Crippen LogP contribution in [0, 0.1) is 13.8 Å². The van der Waals surface area contributed by atoms with Crippen molar-refractivity contribution in [3.63, 3.8) is 0 Å². The number of hydrogen-bond donors (Lipinski definition) is 0. The maximum Gasteiger partial charge on any atom is 0.337 e. The van der Waals surface area contributed by atoms with Gasteiger partial charge < -0.3 is 9.30 Å². The van der Waals surface area contributed by atoms with Crippen molar-refractivity contribution in [2.45, 2.75) is 26.8 Å². The number of aromatic nitrogens is 3. The Morgan fingerprint density at radius 2 is 1.85 bits per heavy atom. The van der Waals surface area contributed by atoms with Crippen LogP contribution in [0.3, 0.4) is 0 Å². The number of ether oxygens (including phenoxy) is 1. The number of imidazole rings is 1. The molecule has 0 spiro atoms. The predicted molar refractivity (Wildman–Crippen MR) is 133 cm³/mol. The number of methoxy groups -OCH3 is 1. The predicted octanol–water partition coefficient (Wildman–Crippen LogP) is 5.06. The molecule has 0 N–H and O–H groups in total. The summed E-state index contributed by atoms with van der Waals surface area (Å²) in [5.74, 6) is -0.585. The molecule has 0 aliphatic carbocycles. The SMILES string of the molecule is COC(=O)c1ccc(C(=O)N(CCCn2ccnc2)c2nc3cc(C)cc(C)c3s2)cc1.Cl. The Morgan fingerprint density at radius 1 is 1.12 bits per heavy atom. The molecule has 7 nitrogen and oxygen atoms in total. The summed E-state index contributed by atoms with van der Waals surface area (Å²) < 4.78 is 7.81. The zero-order chi connectivity index (χ0) is 22.7. The van der Waals surface area contributed by atoms with Gasteiger partial charge in [0.2, 0.25) is 0 Å². The molecule has 1 amide bonds. The Morgan fingerprint density at radius 3 is 2.52 bits per heavy atom. The molecule has 0 unspecified atom stereocenters. The van der Waals surface area contributed by atoms with Gasteiger partial charge in [0.1, 0.15) is 0 Å². The molecule has 0 fully saturated rings. The van der Waals surface area contributed by atoms with Crippen LogP contribution in [0.4, 0.5) is 5.13 Å². The van der Waals surface area contributed by atoms with Gasteiger partial charge >= 0.3 is 5.97 Å². The largest absolute Gasteiger partial charge is 0.465 e. The van der Waals surface area contributed by atoms with Crippen LogP contribution in [0.2, 0.25) is 0 Å². The summed E-state index contributed by atoms with van der Waals surface area (Å²) in [5.41, 5.74) is 4.09. The maximum absolute atomic E-state index is 13.5. The second kappa shape index (κ2) is 10.6. The summed E-state index contributed by atoms with van der Waals surface area (Å²) in [7, 11) is 1.33. The normalized spacial score (nSPS) is 10.6. The van der Waals surface area contributed by atoms with Crippen LogP contribution >= 0.6 is 23.7 Å². The lowest BCUT2D eigenvalue weighted by Gasteiger charge is -2.20. The van der Waals surface area contributed by atoms with Crippen LogP contribution in [-0.4, -0.2) is 40.1 Å². The molecular weight excluding hydrogens is 460 g/mol.